The molecule has 4 aliphatic rings. The maximum Gasteiger partial charge on any atom is 0.113 e. The first kappa shape index (κ1) is 7.31. The average Bonchev–Trinajstić information content (AvgIpc) is 1.75. The molecule has 0 saturated heterocycles. The summed E-state index contributed by atoms with van der Waals surface area (Å²) in [5.41, 5.74) is 5.19. The number of halogens is 1. The van der Waals surface area contributed by atoms with Crippen LogP contribution in [-0.4, -0.2) is 11.2 Å². The molecular weight excluding hydrogens is 153 g/mol. The third kappa shape index (κ3) is 0.875. The Morgan fingerprint density at radius 3 is 2.08 bits per heavy atom. The molecule has 4 atom stereocenters. The van der Waals surface area contributed by atoms with Gasteiger partial charge in [-0.2, -0.15) is 0 Å². The van der Waals surface area contributed by atoms with Crippen LogP contribution in [0, 0.1) is 11.8 Å². The second-order valence-electron chi connectivity index (χ2n) is 5.47. The molecule has 0 aromatic heterocycles. The van der Waals surface area contributed by atoms with E-state index in [1.54, 1.807) is 0 Å². The lowest BCUT2D eigenvalue weighted by Crippen LogP contribution is -2.61. The zero-order chi connectivity index (χ0) is 8.40. The maximum atomic E-state index is 14.0. The molecule has 0 aliphatic heterocycles. The first-order valence-corrected chi connectivity index (χ1v) is 5.05. The highest BCUT2D eigenvalue weighted by molar-refractivity contribution is 5.11. The smallest absolute Gasteiger partial charge is 0.113 e. The quantitative estimate of drug-likeness (QED) is 0.589. The number of hydrogen-bond donors (Lipinski definition) is 1. The van der Waals surface area contributed by atoms with Crippen molar-refractivity contribution in [3.63, 3.8) is 0 Å². The van der Waals surface area contributed by atoms with Gasteiger partial charge in [0, 0.05) is 5.54 Å². The first-order chi connectivity index (χ1) is 5.57. The summed E-state index contributed by atoms with van der Waals surface area (Å²) >= 11 is 0. The molecule has 68 valence electrons. The van der Waals surface area contributed by atoms with Crippen LogP contribution in [0.25, 0.3) is 0 Å². The Bertz CT molecular complexity index is 192. The molecule has 2 N–H and O–H groups in total. The fourth-order valence-corrected chi connectivity index (χ4v) is 4.22. The number of rotatable bonds is 0. The minimum Gasteiger partial charge on any atom is -0.325 e. The molecule has 0 spiro atoms. The van der Waals surface area contributed by atoms with Crippen LogP contribution in [0.2, 0.25) is 0 Å². The molecule has 0 radical (unpaired) electrons. The van der Waals surface area contributed by atoms with E-state index in [-0.39, 0.29) is 5.54 Å². The van der Waals surface area contributed by atoms with Gasteiger partial charge in [-0.1, -0.05) is 0 Å². The monoisotopic (exact) mass is 169 g/mol. The van der Waals surface area contributed by atoms with E-state index in [0.717, 1.165) is 25.7 Å². The van der Waals surface area contributed by atoms with Crippen molar-refractivity contribution in [1.82, 2.24) is 0 Å². The highest BCUT2D eigenvalue weighted by Crippen LogP contribution is 2.57. The first-order valence-electron chi connectivity index (χ1n) is 5.05. The van der Waals surface area contributed by atoms with E-state index in [1.165, 1.54) is 6.42 Å². The Balaban J connectivity index is 1.98. The fourth-order valence-electron chi connectivity index (χ4n) is 4.22. The van der Waals surface area contributed by atoms with Crippen LogP contribution in [0.4, 0.5) is 4.39 Å². The van der Waals surface area contributed by atoms with Gasteiger partial charge in [-0.3, -0.25) is 0 Å². The van der Waals surface area contributed by atoms with Crippen molar-refractivity contribution in [2.24, 2.45) is 17.6 Å². The minimum atomic E-state index is -0.862. The van der Waals surface area contributed by atoms with Crippen LogP contribution in [0.1, 0.15) is 38.5 Å². The summed E-state index contributed by atoms with van der Waals surface area (Å²) in [4.78, 5) is 0. The highest BCUT2D eigenvalue weighted by atomic mass is 19.1. The predicted molar refractivity (Wildman–Crippen MR) is 45.4 cm³/mol. The van der Waals surface area contributed by atoms with Crippen LogP contribution in [0.15, 0.2) is 0 Å². The van der Waals surface area contributed by atoms with E-state index >= 15 is 0 Å². The van der Waals surface area contributed by atoms with Crippen molar-refractivity contribution in [2.75, 3.05) is 0 Å². The van der Waals surface area contributed by atoms with Crippen LogP contribution < -0.4 is 5.73 Å². The molecule has 2 heteroatoms. The van der Waals surface area contributed by atoms with E-state index in [2.05, 4.69) is 0 Å². The van der Waals surface area contributed by atoms with Crippen LogP contribution in [0.5, 0.6) is 0 Å². The molecule has 4 fully saturated rings. The Morgan fingerprint density at radius 1 is 1.08 bits per heavy atom. The lowest BCUT2D eigenvalue weighted by molar-refractivity contribution is -0.0847. The summed E-state index contributed by atoms with van der Waals surface area (Å²) in [6.07, 6.45) is 5.70. The van der Waals surface area contributed by atoms with Crippen LogP contribution in [-0.2, 0) is 0 Å². The fraction of sp³-hybridized carbons (Fsp3) is 1.00. The zero-order valence-corrected chi connectivity index (χ0v) is 7.35. The topological polar surface area (TPSA) is 26.0 Å². The normalized spacial score (nSPS) is 62.5. The largest absolute Gasteiger partial charge is 0.325 e. The van der Waals surface area contributed by atoms with Gasteiger partial charge in [0.2, 0.25) is 0 Å². The van der Waals surface area contributed by atoms with E-state index in [0.29, 0.717) is 18.3 Å². The van der Waals surface area contributed by atoms with Gasteiger partial charge < -0.3 is 5.73 Å². The van der Waals surface area contributed by atoms with Crippen molar-refractivity contribution in [2.45, 2.75) is 49.7 Å². The number of nitrogens with two attached hydrogens (primary N) is 1. The molecule has 1 nitrogen and oxygen atoms in total. The van der Waals surface area contributed by atoms with Gasteiger partial charge in [-0.05, 0) is 50.4 Å². The minimum absolute atomic E-state index is 0.112. The van der Waals surface area contributed by atoms with Gasteiger partial charge in [-0.15, -0.1) is 0 Å². The Morgan fingerprint density at radius 2 is 1.67 bits per heavy atom. The summed E-state index contributed by atoms with van der Waals surface area (Å²) in [6.45, 7) is 0. The van der Waals surface area contributed by atoms with Crippen LogP contribution >= 0.6 is 0 Å². The molecule has 0 aromatic carbocycles. The standard InChI is InChI=1S/C10H16FN/c11-9-2-7-1-8(3-9)5-10(12,4-7)6-9/h7-8H,1-6,12H2/t7-,8+,9?,10?. The van der Waals surface area contributed by atoms with E-state index in [1.807, 2.05) is 0 Å². The molecule has 0 heterocycles. The van der Waals surface area contributed by atoms with Gasteiger partial charge in [-0.25, -0.2) is 4.39 Å². The predicted octanol–water partition coefficient (Wildman–Crippen LogP) is 2.01. The zero-order valence-electron chi connectivity index (χ0n) is 7.35. The van der Waals surface area contributed by atoms with Crippen molar-refractivity contribution in [3.8, 4) is 0 Å². The van der Waals surface area contributed by atoms with E-state index < -0.39 is 5.67 Å². The Kier molecular flexibility index (Phi) is 1.14. The van der Waals surface area contributed by atoms with Gasteiger partial charge in [0.15, 0.2) is 0 Å². The van der Waals surface area contributed by atoms with Crippen molar-refractivity contribution >= 4 is 0 Å². The molecule has 2 unspecified atom stereocenters. The third-order valence-corrected chi connectivity index (χ3v) is 4.03. The number of hydrogen-bond acceptors (Lipinski definition) is 1. The summed E-state index contributed by atoms with van der Waals surface area (Å²) in [5, 5.41) is 0. The lowest BCUT2D eigenvalue weighted by Gasteiger charge is -2.57. The van der Waals surface area contributed by atoms with Gasteiger partial charge in [0.25, 0.3) is 0 Å². The second-order valence-corrected chi connectivity index (χ2v) is 5.47. The maximum absolute atomic E-state index is 14.0. The van der Waals surface area contributed by atoms with E-state index in [9.17, 15) is 4.39 Å². The summed E-state index contributed by atoms with van der Waals surface area (Å²) in [7, 11) is 0. The van der Waals surface area contributed by atoms with E-state index in [4.69, 9.17) is 5.73 Å². The molecular formula is C10H16FN. The van der Waals surface area contributed by atoms with Crippen molar-refractivity contribution in [1.29, 1.82) is 0 Å². The third-order valence-electron chi connectivity index (χ3n) is 4.03. The highest BCUT2D eigenvalue weighted by Gasteiger charge is 2.56. The van der Waals surface area contributed by atoms with Gasteiger partial charge in [0.1, 0.15) is 5.67 Å². The molecule has 4 bridgehead atoms. The molecule has 12 heavy (non-hydrogen) atoms. The van der Waals surface area contributed by atoms with Gasteiger partial charge >= 0.3 is 0 Å². The molecule has 0 amide bonds. The number of alkyl halides is 1. The summed E-state index contributed by atoms with van der Waals surface area (Å²) in [5.74, 6) is 1.22. The average molecular weight is 169 g/mol. The molecule has 4 rings (SSSR count). The Hall–Kier alpha value is -0.110. The van der Waals surface area contributed by atoms with Gasteiger partial charge in [0.05, 0.1) is 0 Å². The SMILES string of the molecule is NC12C[C@H]3C[C@@H](C1)CC(F)(C3)C2. The van der Waals surface area contributed by atoms with Crippen LogP contribution in [0.3, 0.4) is 0 Å². The summed E-state index contributed by atoms with van der Waals surface area (Å²) < 4.78 is 14.0. The Labute approximate surface area is 72.5 Å². The van der Waals surface area contributed by atoms with Crippen molar-refractivity contribution in [3.05, 3.63) is 0 Å². The summed E-state index contributed by atoms with van der Waals surface area (Å²) in [6, 6.07) is 0. The second kappa shape index (κ2) is 1.87. The lowest BCUT2D eigenvalue weighted by atomic mass is 9.52. The molecule has 0 aromatic rings. The van der Waals surface area contributed by atoms with Crippen molar-refractivity contribution < 1.29 is 4.39 Å². The molecule has 4 aliphatic carbocycles. The molecule has 4 saturated carbocycles.